The van der Waals surface area contributed by atoms with Crippen molar-refractivity contribution in [1.82, 2.24) is 10.2 Å². The number of nitrogens with zero attached hydrogens (tertiary/aromatic N) is 1. The van der Waals surface area contributed by atoms with Crippen LogP contribution in [0, 0.1) is 134 Å². The number of aliphatic hydroxyl groups excluding tert-OH is 3. The Kier molecular flexibility index (Phi) is 11.9. The van der Waals surface area contributed by atoms with Gasteiger partial charge in [-0.2, -0.15) is 0 Å². The number of epoxide rings is 1. The smallest absolute Gasteiger partial charge is 0.339 e. The number of ether oxygens (including phenoxy) is 4. The normalized spacial score (nSPS) is 53.2. The highest BCUT2D eigenvalue weighted by Gasteiger charge is 3.00. The van der Waals surface area contributed by atoms with E-state index in [1.807, 2.05) is 6.07 Å². The third kappa shape index (κ3) is 6.56. The Morgan fingerprint density at radius 2 is 1.76 bits per heavy atom. The van der Waals surface area contributed by atoms with Crippen molar-refractivity contribution in [1.29, 1.82) is 0 Å². The van der Waals surface area contributed by atoms with Crippen LogP contribution in [0.5, 0.6) is 0 Å². The number of benzene rings is 1. The quantitative estimate of drug-likeness (QED) is 0.0808. The standard InChI is InChI=1S/C76H92N2O11/c1-41-51-16-8-7-13-44(51)19-21-52(41)57-33-50-32-49-15-10-25-71(49)36-48-35-69(2)73(55-24-28-85-60(55)34-54(59(80)38-79)46-20-22-53-47(31-46)23-27-78-40-77-37-58(53)78)26-9-14-45-18-17-43(29-42-11-5-4-6-12-42)30-56(45)74(76(69)66(87-76)68(84)88-73)62(48)72-39-86-67(83)64(71)75(50,72)89-70(57,3)63(72)61(81)65(74)82/h4-6,11-12,19,21,23-24,27-28,33,41,43-49,51-54,56-59,62-66,77,79-80,82H,7-8,10,13,15-18,20,22,25-26,29-32,34-40H2,1-3H3. The van der Waals surface area contributed by atoms with Gasteiger partial charge in [-0.1, -0.05) is 99.6 Å². The first-order chi connectivity index (χ1) is 43.1. The summed E-state index contributed by atoms with van der Waals surface area (Å²) in [6.45, 7) is 8.41. The second-order valence-electron chi connectivity index (χ2n) is 33.3. The van der Waals surface area contributed by atoms with Crippen LogP contribution in [0.2, 0.25) is 0 Å². The molecule has 1 aromatic heterocycles. The van der Waals surface area contributed by atoms with Crippen molar-refractivity contribution in [2.75, 3.05) is 26.4 Å². The minimum atomic E-state index is -1.58. The molecule has 17 aliphatic rings. The lowest BCUT2D eigenvalue weighted by Crippen LogP contribution is -2.83. The molecule has 29 atom stereocenters. The molecular formula is C76H92N2O11. The molecule has 8 heterocycles. The molecule has 10 aliphatic carbocycles. The molecule has 13 heteroatoms. The molecule has 13 nitrogen and oxygen atoms in total. The van der Waals surface area contributed by atoms with Crippen molar-refractivity contribution in [3.05, 3.63) is 95.6 Å². The Hall–Kier alpha value is -4.55. The summed E-state index contributed by atoms with van der Waals surface area (Å²) in [6, 6.07) is 13.2. The minimum Gasteiger partial charge on any atom is -0.469 e. The van der Waals surface area contributed by atoms with Crippen molar-refractivity contribution in [2.24, 2.45) is 122 Å². The number of carbonyl (C=O) groups is 3. The van der Waals surface area contributed by atoms with Gasteiger partial charge in [0.2, 0.25) is 0 Å². The number of cyclic esters (lactones) is 1. The van der Waals surface area contributed by atoms with Gasteiger partial charge in [-0.05, 0) is 203 Å². The number of carbonyl (C=O) groups excluding carboxylic acids is 3. The third-order valence-electron chi connectivity index (χ3n) is 30.8. The van der Waals surface area contributed by atoms with E-state index < -0.39 is 98.6 Å². The van der Waals surface area contributed by atoms with Gasteiger partial charge in [0.1, 0.15) is 29.7 Å². The fourth-order valence-corrected chi connectivity index (χ4v) is 28.1. The second-order valence-corrected chi connectivity index (χ2v) is 33.3. The van der Waals surface area contributed by atoms with Gasteiger partial charge in [-0.15, -0.1) is 0 Å². The van der Waals surface area contributed by atoms with Gasteiger partial charge >= 0.3 is 11.9 Å². The summed E-state index contributed by atoms with van der Waals surface area (Å²) in [5.41, 5.74) is -6.30. The van der Waals surface area contributed by atoms with Gasteiger partial charge in [0.05, 0.1) is 54.9 Å². The summed E-state index contributed by atoms with van der Waals surface area (Å²) in [4.78, 5) is 52.3. The average Bonchev–Trinajstić information content (AvgIpc) is 1.43. The predicted octanol–water partition coefficient (Wildman–Crippen LogP) is 9.81. The maximum Gasteiger partial charge on any atom is 0.339 e. The number of allylic oxidation sites excluding steroid dienone is 3. The molecule has 1 aromatic carbocycles. The summed E-state index contributed by atoms with van der Waals surface area (Å²) in [6.07, 6.45) is 26.4. The molecule has 0 radical (unpaired) electrons. The summed E-state index contributed by atoms with van der Waals surface area (Å²) in [5, 5.41) is 41.8. The summed E-state index contributed by atoms with van der Waals surface area (Å²) < 4.78 is 37.6. The summed E-state index contributed by atoms with van der Waals surface area (Å²) in [7, 11) is 0. The number of hydrogen-bond donors (Lipinski definition) is 4. The first kappa shape index (κ1) is 56.0. The van der Waals surface area contributed by atoms with Crippen molar-refractivity contribution in [3.8, 4) is 11.8 Å². The van der Waals surface area contributed by atoms with E-state index in [1.165, 1.54) is 36.8 Å². The second kappa shape index (κ2) is 18.9. The molecule has 9 bridgehead atoms. The zero-order chi connectivity index (χ0) is 60.1. The Bertz CT molecular complexity index is 3490. The highest BCUT2D eigenvalue weighted by atomic mass is 16.7. The molecule has 2 aromatic rings. The van der Waals surface area contributed by atoms with Crippen LogP contribution in [-0.2, 0) is 51.8 Å². The molecule has 4 N–H and O–H groups in total. The minimum absolute atomic E-state index is 0.00784. The number of ketones is 1. The van der Waals surface area contributed by atoms with Gasteiger partial charge in [0.25, 0.3) is 0 Å². The number of fused-ring (bicyclic) bond motifs is 7. The predicted molar refractivity (Wildman–Crippen MR) is 327 cm³/mol. The number of nitrogens with one attached hydrogen (secondary N) is 1. The summed E-state index contributed by atoms with van der Waals surface area (Å²) >= 11 is 0. The summed E-state index contributed by atoms with van der Waals surface area (Å²) in [5.74, 6) is 6.86. The highest BCUT2D eigenvalue weighted by molar-refractivity contribution is 5.94. The van der Waals surface area contributed by atoms with Crippen LogP contribution in [0.15, 0.2) is 83.2 Å². The molecule has 19 rings (SSSR count). The highest BCUT2D eigenvalue weighted by Crippen LogP contribution is 2.91. The lowest BCUT2D eigenvalue weighted by molar-refractivity contribution is -0.315. The van der Waals surface area contributed by atoms with Crippen molar-refractivity contribution in [2.45, 2.75) is 190 Å². The van der Waals surface area contributed by atoms with Crippen LogP contribution >= 0.6 is 0 Å². The first-order valence-electron chi connectivity index (χ1n) is 35.6. The first-order valence-corrected chi connectivity index (χ1v) is 35.6. The van der Waals surface area contributed by atoms with E-state index in [0.717, 1.165) is 77.4 Å². The van der Waals surface area contributed by atoms with Gasteiger partial charge in [-0.3, -0.25) is 14.9 Å². The van der Waals surface area contributed by atoms with E-state index in [2.05, 4.69) is 104 Å². The molecule has 0 amide bonds. The molecule has 5 spiro atoms. The maximum absolute atomic E-state index is 17.8. The van der Waals surface area contributed by atoms with Gasteiger partial charge in [0.15, 0.2) is 17.5 Å². The van der Waals surface area contributed by atoms with Crippen LogP contribution in [0.3, 0.4) is 0 Å². The van der Waals surface area contributed by atoms with Gasteiger partial charge in [-0.25, -0.2) is 4.79 Å². The molecule has 5 saturated heterocycles. The van der Waals surface area contributed by atoms with Crippen LogP contribution in [0.4, 0.5) is 0 Å². The van der Waals surface area contributed by atoms with E-state index >= 15 is 19.5 Å². The average molecular weight is 1210 g/mol. The Balaban J connectivity index is 0.824. The van der Waals surface area contributed by atoms with E-state index in [0.29, 0.717) is 72.6 Å². The van der Waals surface area contributed by atoms with E-state index in [9.17, 15) is 10.2 Å². The Labute approximate surface area is 524 Å². The van der Waals surface area contributed by atoms with Crippen LogP contribution in [0.25, 0.3) is 0 Å². The van der Waals surface area contributed by atoms with E-state index in [4.69, 9.17) is 23.4 Å². The third-order valence-corrected chi connectivity index (χ3v) is 30.8. The van der Waals surface area contributed by atoms with E-state index in [1.54, 1.807) is 6.26 Å². The zero-order valence-corrected chi connectivity index (χ0v) is 52.4. The van der Waals surface area contributed by atoms with Crippen molar-refractivity contribution in [3.63, 3.8) is 0 Å². The number of aliphatic hydroxyl groups is 3. The molecule has 29 unspecified atom stereocenters. The SMILES string of the molecule is CC1C(C2C=C3CC4CCCC45CC4CC6(C)C7(c8ccoc8CC(C(O)CO)C8CCC9C(C=CN%10CNCC9%10)C8)CC#CC8CCC(Cc9ccccc9)CC8C8(C(O)C(=O)C9C2(C)OC32C5C(=O)OCC92C48)C62OC2C(=O)O7)C=CC2CCCCC21. The number of esters is 2. The number of hydrogen-bond acceptors (Lipinski definition) is 13. The lowest BCUT2D eigenvalue weighted by atomic mass is 9.28. The fraction of sp³-hybridized carbons (Fsp3) is 0.724. The molecular weight excluding hydrogens is 1120 g/mol. The number of furan rings is 1. The van der Waals surface area contributed by atoms with Crippen LogP contribution in [-0.4, -0.2) is 106 Å². The van der Waals surface area contributed by atoms with Crippen molar-refractivity contribution >= 4 is 17.7 Å². The van der Waals surface area contributed by atoms with Crippen LogP contribution in [0.1, 0.15) is 147 Å². The largest absolute Gasteiger partial charge is 0.469 e. The molecule has 89 heavy (non-hydrogen) atoms. The lowest BCUT2D eigenvalue weighted by Gasteiger charge is -2.74. The Morgan fingerprint density at radius 1 is 0.899 bits per heavy atom. The maximum atomic E-state index is 17.8. The topological polar surface area (TPSA) is 181 Å². The Morgan fingerprint density at radius 3 is 2.63 bits per heavy atom. The number of rotatable bonds is 9. The van der Waals surface area contributed by atoms with Gasteiger partial charge < -0.3 is 43.6 Å². The zero-order valence-electron chi connectivity index (χ0n) is 52.4. The van der Waals surface area contributed by atoms with E-state index in [-0.39, 0.29) is 72.1 Å². The van der Waals surface area contributed by atoms with Crippen molar-refractivity contribution < 1.29 is 53.1 Å². The monoisotopic (exact) mass is 1210 g/mol. The fourth-order valence-electron chi connectivity index (χ4n) is 28.1. The molecule has 472 valence electrons. The van der Waals surface area contributed by atoms with Crippen LogP contribution < -0.4 is 5.32 Å². The number of Topliss-reactive ketones (excluding diaryl/α,β-unsaturated/α-hetero) is 1. The van der Waals surface area contributed by atoms with Gasteiger partial charge in [0, 0.05) is 47.2 Å². The molecule has 8 saturated carbocycles. The molecule has 7 aliphatic heterocycles. The molecule has 13 fully saturated rings.